The fourth-order valence-corrected chi connectivity index (χ4v) is 6.71. The molecule has 1 amide bonds. The average Bonchev–Trinajstić information content (AvgIpc) is 3.46. The van der Waals surface area contributed by atoms with Crippen LogP contribution in [0.5, 0.6) is 5.75 Å². The van der Waals surface area contributed by atoms with Crippen LogP contribution in [0.4, 0.5) is 0 Å². The summed E-state index contributed by atoms with van der Waals surface area (Å²) in [6.45, 7) is 0. The van der Waals surface area contributed by atoms with Crippen molar-refractivity contribution in [3.8, 4) is 22.7 Å². The number of aliphatic hydroxyl groups excluding tert-OH is 2. The maximum atomic E-state index is 13.9. The number of hydrogen-bond acceptors (Lipinski definition) is 9. The van der Waals surface area contributed by atoms with Gasteiger partial charge in [0.1, 0.15) is 28.7 Å². The minimum Gasteiger partial charge on any atom is -0.510 e. The second kappa shape index (κ2) is 9.15. The van der Waals surface area contributed by atoms with Crippen LogP contribution in [-0.2, 0) is 16.0 Å². The second-order valence-corrected chi connectivity index (χ2v) is 10.9. The summed E-state index contributed by atoms with van der Waals surface area (Å²) in [5.41, 5.74) is 3.55. The summed E-state index contributed by atoms with van der Waals surface area (Å²) in [4.78, 5) is 45.5. The van der Waals surface area contributed by atoms with E-state index in [9.17, 15) is 34.8 Å². The maximum absolute atomic E-state index is 13.9. The number of nitrogens with two attached hydrogens (primary N) is 1. The largest absolute Gasteiger partial charge is 0.510 e. The van der Waals surface area contributed by atoms with Crippen LogP contribution in [0.3, 0.4) is 0 Å². The van der Waals surface area contributed by atoms with Gasteiger partial charge < -0.3 is 30.7 Å². The summed E-state index contributed by atoms with van der Waals surface area (Å²) in [7, 11) is 3.18. The molecule has 11 heteroatoms. The highest BCUT2D eigenvalue weighted by molar-refractivity contribution is 6.24. The van der Waals surface area contributed by atoms with Crippen LogP contribution in [0, 0.1) is 11.8 Å². The van der Waals surface area contributed by atoms with Gasteiger partial charge in [0, 0.05) is 35.6 Å². The molecule has 0 bridgehead atoms. The number of carbonyl (C=O) groups excluding carboxylic acids is 3. The van der Waals surface area contributed by atoms with E-state index < -0.39 is 58.0 Å². The Kier molecular flexibility index (Phi) is 5.91. The molecule has 6 N–H and O–H groups in total. The van der Waals surface area contributed by atoms with Crippen molar-refractivity contribution >= 4 is 17.5 Å². The van der Waals surface area contributed by atoms with Crippen LogP contribution < -0.4 is 5.73 Å². The Labute approximate surface area is 234 Å². The lowest BCUT2D eigenvalue weighted by Crippen LogP contribution is -2.63. The zero-order valence-electron chi connectivity index (χ0n) is 22.3. The zero-order valence-corrected chi connectivity index (χ0v) is 22.3. The SMILES string of the molecule is CN(C)C1C(O)=C(C(N)=O)C(=O)C2(O)C(O)=C3C(=O)c4c(O)ccc(-c5ccc(-n6cccc6)nc5)c4CC3CC12. The minimum atomic E-state index is -2.67. The molecule has 41 heavy (non-hydrogen) atoms. The predicted octanol–water partition coefficient (Wildman–Crippen LogP) is 1.97. The minimum absolute atomic E-state index is 0.0195. The molecule has 6 rings (SSSR count). The first kappa shape index (κ1) is 26.5. The lowest BCUT2D eigenvalue weighted by Gasteiger charge is -2.50. The number of phenolic OH excluding ortho intramolecular Hbond substituents is 1. The van der Waals surface area contributed by atoms with Crippen molar-refractivity contribution in [3.63, 3.8) is 0 Å². The van der Waals surface area contributed by atoms with Gasteiger partial charge in [0.05, 0.1) is 11.6 Å². The first-order chi connectivity index (χ1) is 19.5. The van der Waals surface area contributed by atoms with Crippen LogP contribution in [0.15, 0.2) is 77.7 Å². The number of carbonyl (C=O) groups is 3. The van der Waals surface area contributed by atoms with E-state index in [1.54, 1.807) is 26.4 Å². The number of Topliss-reactive ketones (excluding diaryl/α,β-unsaturated/α-hetero) is 2. The fraction of sp³-hybridized carbons (Fsp3) is 0.267. The van der Waals surface area contributed by atoms with Crippen molar-refractivity contribution in [2.24, 2.45) is 17.6 Å². The third-order valence-corrected chi connectivity index (χ3v) is 8.53. The zero-order chi connectivity index (χ0) is 29.4. The number of aromatic hydroxyl groups is 1. The molecule has 0 spiro atoms. The summed E-state index contributed by atoms with van der Waals surface area (Å²) in [6, 6.07) is 9.49. The summed E-state index contributed by atoms with van der Waals surface area (Å²) < 4.78 is 1.85. The number of fused-ring (bicyclic) bond motifs is 3. The molecule has 0 saturated heterocycles. The molecule has 3 aliphatic rings. The molecule has 2 aromatic heterocycles. The van der Waals surface area contributed by atoms with Gasteiger partial charge in [0.2, 0.25) is 5.78 Å². The molecule has 4 unspecified atom stereocenters. The molecular weight excluding hydrogens is 528 g/mol. The average molecular weight is 557 g/mol. The number of nitrogens with zero attached hydrogens (tertiary/aromatic N) is 3. The molecular formula is C30H28N4O7. The van der Waals surface area contributed by atoms with Crippen molar-refractivity contribution in [1.82, 2.24) is 14.5 Å². The Morgan fingerprint density at radius 1 is 1.10 bits per heavy atom. The number of phenols is 1. The Morgan fingerprint density at radius 3 is 2.41 bits per heavy atom. The summed E-state index contributed by atoms with van der Waals surface area (Å²) in [6.07, 6.45) is 5.61. The normalized spacial score (nSPS) is 25.7. The van der Waals surface area contributed by atoms with Crippen LogP contribution in [-0.4, -0.2) is 78.1 Å². The molecule has 4 atom stereocenters. The van der Waals surface area contributed by atoms with E-state index in [1.165, 1.54) is 11.0 Å². The van der Waals surface area contributed by atoms with Gasteiger partial charge in [0.15, 0.2) is 11.4 Å². The highest BCUT2D eigenvalue weighted by Gasteiger charge is 2.63. The maximum Gasteiger partial charge on any atom is 0.255 e. The van der Waals surface area contributed by atoms with Crippen molar-refractivity contribution in [3.05, 3.63) is 88.8 Å². The molecule has 0 aliphatic heterocycles. The van der Waals surface area contributed by atoms with Gasteiger partial charge in [0.25, 0.3) is 5.91 Å². The number of aromatic nitrogens is 2. The number of hydrogen-bond donors (Lipinski definition) is 5. The standard InChI is InChI=1S/C30H28N4O7/c1-33(2)24-18-12-15-11-17-16(14-5-8-20(32-13-14)34-9-3-4-10-34)6-7-19(35)22(17)25(36)21(15)27(38)30(18,41)28(39)23(26(24)37)29(31)40/h3-10,13,15,18,24,35,37-38,41H,11-12H2,1-2H3,(H2,31,40). The Balaban J connectivity index is 1.49. The number of likely N-dealkylation sites (N-methyl/N-ethyl adjacent to an activating group) is 1. The summed E-state index contributed by atoms with van der Waals surface area (Å²) in [5.74, 6) is -6.10. The number of allylic oxidation sites excluding steroid dienone is 1. The van der Waals surface area contributed by atoms with Crippen LogP contribution >= 0.6 is 0 Å². The molecule has 3 aliphatic carbocycles. The quantitative estimate of drug-likeness (QED) is 0.300. The van der Waals surface area contributed by atoms with Gasteiger partial charge in [-0.1, -0.05) is 6.07 Å². The number of ketones is 2. The topological polar surface area (TPSA) is 179 Å². The number of pyridine rings is 1. The first-order valence-corrected chi connectivity index (χ1v) is 13.1. The number of rotatable bonds is 4. The first-order valence-electron chi connectivity index (χ1n) is 13.1. The number of primary amides is 1. The van der Waals surface area contributed by atoms with Crippen molar-refractivity contribution in [1.29, 1.82) is 0 Å². The molecule has 0 radical (unpaired) electrons. The summed E-state index contributed by atoms with van der Waals surface area (Å²) in [5, 5.41) is 44.8. The monoisotopic (exact) mass is 556 g/mol. The van der Waals surface area contributed by atoms with E-state index in [0.717, 1.165) is 0 Å². The predicted molar refractivity (Wildman–Crippen MR) is 146 cm³/mol. The highest BCUT2D eigenvalue weighted by atomic mass is 16.3. The third-order valence-electron chi connectivity index (χ3n) is 8.53. The summed E-state index contributed by atoms with van der Waals surface area (Å²) >= 11 is 0. The van der Waals surface area contributed by atoms with Gasteiger partial charge in [-0.25, -0.2) is 4.98 Å². The highest BCUT2D eigenvalue weighted by Crippen LogP contribution is 2.53. The van der Waals surface area contributed by atoms with Crippen LogP contribution in [0.25, 0.3) is 16.9 Å². The van der Waals surface area contributed by atoms with E-state index in [4.69, 9.17) is 5.73 Å². The Hall–Kier alpha value is -4.74. The lowest BCUT2D eigenvalue weighted by atomic mass is 9.58. The van der Waals surface area contributed by atoms with Crippen LogP contribution in [0.1, 0.15) is 22.3 Å². The number of amides is 1. The molecule has 1 aromatic carbocycles. The lowest BCUT2D eigenvalue weighted by molar-refractivity contribution is -0.148. The van der Waals surface area contributed by atoms with E-state index >= 15 is 0 Å². The van der Waals surface area contributed by atoms with E-state index in [0.29, 0.717) is 22.5 Å². The Bertz CT molecular complexity index is 1690. The van der Waals surface area contributed by atoms with Crippen molar-refractivity contribution in [2.75, 3.05) is 14.1 Å². The van der Waals surface area contributed by atoms with Gasteiger partial charge >= 0.3 is 0 Å². The fourth-order valence-electron chi connectivity index (χ4n) is 6.71. The number of benzene rings is 1. The van der Waals surface area contributed by atoms with E-state index in [2.05, 4.69) is 4.98 Å². The van der Waals surface area contributed by atoms with Crippen molar-refractivity contribution < 1.29 is 34.8 Å². The van der Waals surface area contributed by atoms with Crippen molar-refractivity contribution in [2.45, 2.75) is 24.5 Å². The molecule has 11 nitrogen and oxygen atoms in total. The molecule has 2 heterocycles. The van der Waals surface area contributed by atoms with Gasteiger partial charge in [-0.3, -0.25) is 19.3 Å². The van der Waals surface area contributed by atoms with Gasteiger partial charge in [-0.2, -0.15) is 0 Å². The second-order valence-electron chi connectivity index (χ2n) is 10.9. The van der Waals surface area contributed by atoms with E-state index in [-0.39, 0.29) is 29.7 Å². The van der Waals surface area contributed by atoms with Gasteiger partial charge in [-0.05, 0) is 74.3 Å². The molecule has 3 aromatic rings. The molecule has 0 fully saturated rings. The molecule has 0 saturated carbocycles. The van der Waals surface area contributed by atoms with Crippen LogP contribution in [0.2, 0.25) is 0 Å². The Morgan fingerprint density at radius 2 is 1.80 bits per heavy atom. The number of aliphatic hydroxyl groups is 3. The smallest absolute Gasteiger partial charge is 0.255 e. The van der Waals surface area contributed by atoms with E-state index in [1.807, 2.05) is 41.2 Å². The van der Waals surface area contributed by atoms with Gasteiger partial charge in [-0.15, -0.1) is 0 Å². The molecule has 210 valence electrons. The third kappa shape index (κ3) is 3.66.